The maximum Gasteiger partial charge on any atom is 0.416 e. The predicted octanol–water partition coefficient (Wildman–Crippen LogP) is 2.08. The van der Waals surface area contributed by atoms with Crippen LogP contribution in [0.5, 0.6) is 0 Å². The summed E-state index contributed by atoms with van der Waals surface area (Å²) in [6.45, 7) is 1.55. The van der Waals surface area contributed by atoms with Crippen molar-refractivity contribution in [3.8, 4) is 0 Å². The zero-order valence-electron chi connectivity index (χ0n) is 11.5. The summed E-state index contributed by atoms with van der Waals surface area (Å²) in [6, 6.07) is 5.19. The number of hydrogen-bond acceptors (Lipinski definition) is 4. The lowest BCUT2D eigenvalue weighted by molar-refractivity contribution is -0.160. The molecule has 0 saturated carbocycles. The van der Waals surface area contributed by atoms with Crippen LogP contribution >= 0.6 is 0 Å². The molecule has 0 spiro atoms. The third kappa shape index (κ3) is 4.18. The van der Waals surface area contributed by atoms with E-state index in [2.05, 4.69) is 4.74 Å². The van der Waals surface area contributed by atoms with Crippen molar-refractivity contribution in [3.05, 3.63) is 35.4 Å². The first-order valence-corrected chi connectivity index (χ1v) is 6.48. The van der Waals surface area contributed by atoms with Crippen molar-refractivity contribution in [2.45, 2.75) is 18.8 Å². The molecular weight excluding hydrogens is 287 g/mol. The Morgan fingerprint density at radius 1 is 1.48 bits per heavy atom. The predicted molar refractivity (Wildman–Crippen MR) is 68.5 cm³/mol. The first-order chi connectivity index (χ1) is 9.90. The monoisotopic (exact) mass is 303 g/mol. The molecule has 1 aliphatic rings. The van der Waals surface area contributed by atoms with Gasteiger partial charge in [0.25, 0.3) is 0 Å². The Bertz CT molecular complexity index is 504. The van der Waals surface area contributed by atoms with E-state index in [9.17, 15) is 18.0 Å². The molecule has 1 heterocycles. The third-order valence-electron chi connectivity index (χ3n) is 3.28. The van der Waals surface area contributed by atoms with Crippen LogP contribution in [-0.4, -0.2) is 43.8 Å². The minimum Gasteiger partial charge on any atom is -0.467 e. The molecule has 1 unspecified atom stereocenters. The Morgan fingerprint density at radius 3 is 2.90 bits per heavy atom. The number of halogens is 3. The first-order valence-electron chi connectivity index (χ1n) is 6.48. The largest absolute Gasteiger partial charge is 0.467 e. The van der Waals surface area contributed by atoms with Gasteiger partial charge in [0.1, 0.15) is 0 Å². The molecule has 0 N–H and O–H groups in total. The summed E-state index contributed by atoms with van der Waals surface area (Å²) in [7, 11) is 1.28. The molecule has 0 aromatic heterocycles. The zero-order chi connectivity index (χ0) is 15.5. The van der Waals surface area contributed by atoms with Crippen LogP contribution in [0.4, 0.5) is 13.2 Å². The Balaban J connectivity index is 2.03. The molecule has 7 heteroatoms. The smallest absolute Gasteiger partial charge is 0.416 e. The molecule has 2 rings (SSSR count). The van der Waals surface area contributed by atoms with Gasteiger partial charge >= 0.3 is 12.1 Å². The summed E-state index contributed by atoms with van der Waals surface area (Å²) in [4.78, 5) is 13.3. The molecule has 1 fully saturated rings. The highest BCUT2D eigenvalue weighted by Crippen LogP contribution is 2.29. The van der Waals surface area contributed by atoms with Crippen molar-refractivity contribution in [1.82, 2.24) is 4.90 Å². The van der Waals surface area contributed by atoms with Crippen LogP contribution in [0.2, 0.25) is 0 Å². The summed E-state index contributed by atoms with van der Waals surface area (Å²) in [5.74, 6) is -0.469. The molecule has 21 heavy (non-hydrogen) atoms. The topological polar surface area (TPSA) is 38.8 Å². The molecule has 1 aromatic rings. The number of ether oxygens (including phenoxy) is 2. The molecule has 1 atom stereocenters. The van der Waals surface area contributed by atoms with Gasteiger partial charge in [0.2, 0.25) is 0 Å². The van der Waals surface area contributed by atoms with Gasteiger partial charge in [-0.15, -0.1) is 0 Å². The van der Waals surface area contributed by atoms with E-state index in [0.717, 1.165) is 12.1 Å². The molecule has 0 amide bonds. The highest BCUT2D eigenvalue weighted by molar-refractivity contribution is 5.74. The summed E-state index contributed by atoms with van der Waals surface area (Å²) in [5.41, 5.74) is -0.117. The van der Waals surface area contributed by atoms with E-state index in [0.29, 0.717) is 31.8 Å². The number of alkyl halides is 3. The molecule has 1 aromatic carbocycles. The summed E-state index contributed by atoms with van der Waals surface area (Å²) < 4.78 is 47.9. The van der Waals surface area contributed by atoms with E-state index in [1.807, 2.05) is 4.90 Å². The van der Waals surface area contributed by atoms with Gasteiger partial charge in [0.05, 0.1) is 19.3 Å². The van der Waals surface area contributed by atoms with Crippen molar-refractivity contribution in [1.29, 1.82) is 0 Å². The fourth-order valence-electron chi connectivity index (χ4n) is 2.22. The highest BCUT2D eigenvalue weighted by atomic mass is 19.4. The van der Waals surface area contributed by atoms with E-state index >= 15 is 0 Å². The lowest BCUT2D eigenvalue weighted by atomic mass is 10.1. The standard InChI is InChI=1S/C14H16F3NO3/c1-20-13(19)12-9-18(5-6-21-12)8-10-3-2-4-11(7-10)14(15,16)17/h2-4,7,12H,5-6,8-9H2,1H3. The van der Waals surface area contributed by atoms with Gasteiger partial charge in [-0.3, -0.25) is 4.90 Å². The fourth-order valence-corrected chi connectivity index (χ4v) is 2.22. The normalized spacial score (nSPS) is 20.3. The lowest BCUT2D eigenvalue weighted by Crippen LogP contribution is -2.46. The van der Waals surface area contributed by atoms with Crippen LogP contribution in [0, 0.1) is 0 Å². The second-order valence-corrected chi connectivity index (χ2v) is 4.82. The van der Waals surface area contributed by atoms with Crippen LogP contribution in [0.15, 0.2) is 24.3 Å². The first kappa shape index (κ1) is 15.8. The van der Waals surface area contributed by atoms with Crippen molar-refractivity contribution < 1.29 is 27.4 Å². The molecule has 0 radical (unpaired) electrons. The average molecular weight is 303 g/mol. The molecule has 116 valence electrons. The fraction of sp³-hybridized carbons (Fsp3) is 0.500. The number of carbonyl (C=O) groups excluding carboxylic acids is 1. The molecular formula is C14H16F3NO3. The van der Waals surface area contributed by atoms with Crippen LogP contribution < -0.4 is 0 Å². The van der Waals surface area contributed by atoms with Crippen molar-refractivity contribution in [3.63, 3.8) is 0 Å². The average Bonchev–Trinajstić information content (AvgIpc) is 2.46. The van der Waals surface area contributed by atoms with Crippen LogP contribution in [0.25, 0.3) is 0 Å². The molecule has 4 nitrogen and oxygen atoms in total. The van der Waals surface area contributed by atoms with Gasteiger partial charge in [0, 0.05) is 19.6 Å². The number of benzene rings is 1. The van der Waals surface area contributed by atoms with E-state index in [4.69, 9.17) is 4.74 Å². The van der Waals surface area contributed by atoms with E-state index < -0.39 is 23.8 Å². The molecule has 0 aliphatic carbocycles. The third-order valence-corrected chi connectivity index (χ3v) is 3.28. The van der Waals surface area contributed by atoms with Crippen molar-refractivity contribution in [2.75, 3.05) is 26.8 Å². The maximum atomic E-state index is 12.7. The van der Waals surface area contributed by atoms with E-state index in [1.165, 1.54) is 13.2 Å². The Morgan fingerprint density at radius 2 is 2.24 bits per heavy atom. The quantitative estimate of drug-likeness (QED) is 0.802. The Kier molecular flexibility index (Phi) is 4.84. The minimum atomic E-state index is -4.35. The van der Waals surface area contributed by atoms with E-state index in [1.54, 1.807) is 6.07 Å². The molecule has 1 saturated heterocycles. The highest BCUT2D eigenvalue weighted by Gasteiger charge is 2.31. The van der Waals surface area contributed by atoms with Crippen LogP contribution in [0.1, 0.15) is 11.1 Å². The Hall–Kier alpha value is -1.60. The summed E-state index contributed by atoms with van der Waals surface area (Å²) >= 11 is 0. The van der Waals surface area contributed by atoms with Gasteiger partial charge in [-0.1, -0.05) is 18.2 Å². The molecule has 0 bridgehead atoms. The van der Waals surface area contributed by atoms with E-state index in [-0.39, 0.29) is 0 Å². The second kappa shape index (κ2) is 6.44. The summed E-state index contributed by atoms with van der Waals surface area (Å²) in [6.07, 6.45) is -5.04. The number of nitrogens with zero attached hydrogens (tertiary/aromatic N) is 1. The number of carbonyl (C=O) groups is 1. The van der Waals surface area contributed by atoms with Gasteiger partial charge in [0.15, 0.2) is 6.10 Å². The van der Waals surface area contributed by atoms with Crippen LogP contribution in [0.3, 0.4) is 0 Å². The van der Waals surface area contributed by atoms with Gasteiger partial charge < -0.3 is 9.47 Å². The van der Waals surface area contributed by atoms with Gasteiger partial charge in [-0.25, -0.2) is 4.79 Å². The van der Waals surface area contributed by atoms with Crippen molar-refractivity contribution >= 4 is 5.97 Å². The lowest BCUT2D eigenvalue weighted by Gasteiger charge is -2.31. The minimum absolute atomic E-state index is 0.308. The van der Waals surface area contributed by atoms with Gasteiger partial charge in [-0.2, -0.15) is 13.2 Å². The second-order valence-electron chi connectivity index (χ2n) is 4.82. The number of esters is 1. The maximum absolute atomic E-state index is 12.7. The number of morpholine rings is 1. The number of hydrogen-bond donors (Lipinski definition) is 0. The zero-order valence-corrected chi connectivity index (χ0v) is 11.5. The number of methoxy groups -OCH3 is 1. The summed E-state index contributed by atoms with van der Waals surface area (Å²) in [5, 5.41) is 0. The SMILES string of the molecule is COC(=O)C1CN(Cc2cccc(C(F)(F)F)c2)CCO1. The van der Waals surface area contributed by atoms with Gasteiger partial charge in [-0.05, 0) is 11.6 Å². The molecule has 1 aliphatic heterocycles. The van der Waals surface area contributed by atoms with Crippen LogP contribution in [-0.2, 0) is 27.0 Å². The Labute approximate surface area is 120 Å². The van der Waals surface area contributed by atoms with Crippen molar-refractivity contribution in [2.24, 2.45) is 0 Å². The number of rotatable bonds is 3.